The molecular formula is C26H22INO4S2. The van der Waals surface area contributed by atoms with Crippen molar-refractivity contribution >= 4 is 68.6 Å². The number of aryl methyl sites for hydroxylation is 1. The minimum absolute atomic E-state index is 0.135. The SMILES string of the molecule is COc1cc(C=C2SC(=S)N(c3ccccc3)C2=O)cc(I)c1OCCOc1ccc(C)cc1. The summed E-state index contributed by atoms with van der Waals surface area (Å²) in [5.74, 6) is 1.90. The van der Waals surface area contributed by atoms with Crippen LogP contribution in [0.5, 0.6) is 17.2 Å². The number of halogens is 1. The van der Waals surface area contributed by atoms with E-state index < -0.39 is 0 Å². The largest absolute Gasteiger partial charge is 0.493 e. The van der Waals surface area contributed by atoms with Gasteiger partial charge in [0.2, 0.25) is 0 Å². The highest BCUT2D eigenvalue weighted by molar-refractivity contribution is 14.1. The van der Waals surface area contributed by atoms with Crippen molar-refractivity contribution in [1.29, 1.82) is 0 Å². The van der Waals surface area contributed by atoms with Gasteiger partial charge in [-0.3, -0.25) is 9.69 Å². The van der Waals surface area contributed by atoms with Crippen molar-refractivity contribution < 1.29 is 19.0 Å². The summed E-state index contributed by atoms with van der Waals surface area (Å²) in [6.45, 7) is 2.82. The summed E-state index contributed by atoms with van der Waals surface area (Å²) in [6.07, 6.45) is 1.83. The third kappa shape index (κ3) is 5.73. The molecule has 0 unspecified atom stereocenters. The normalized spacial score (nSPS) is 14.6. The van der Waals surface area contributed by atoms with Crippen molar-refractivity contribution in [3.05, 3.63) is 86.3 Å². The molecule has 0 atom stereocenters. The van der Waals surface area contributed by atoms with E-state index in [-0.39, 0.29) is 5.91 Å². The Bertz CT molecular complexity index is 1230. The van der Waals surface area contributed by atoms with E-state index >= 15 is 0 Å². The van der Waals surface area contributed by atoms with Crippen LogP contribution in [-0.4, -0.2) is 30.6 Å². The summed E-state index contributed by atoms with van der Waals surface area (Å²) in [5.41, 5.74) is 2.78. The first-order valence-electron chi connectivity index (χ1n) is 10.5. The van der Waals surface area contributed by atoms with E-state index in [1.165, 1.54) is 17.3 Å². The smallest absolute Gasteiger partial charge is 0.270 e. The Morgan fingerprint density at radius 1 is 1.03 bits per heavy atom. The molecule has 1 fully saturated rings. The molecule has 3 aromatic carbocycles. The molecule has 0 N–H and O–H groups in total. The minimum Gasteiger partial charge on any atom is -0.493 e. The first-order chi connectivity index (χ1) is 16.5. The molecule has 0 saturated carbocycles. The first kappa shape index (κ1) is 24.6. The number of carbonyl (C=O) groups is 1. The number of amides is 1. The van der Waals surface area contributed by atoms with Crippen LogP contribution in [0, 0.1) is 10.5 Å². The molecule has 0 spiro atoms. The number of hydrogen-bond donors (Lipinski definition) is 0. The van der Waals surface area contributed by atoms with Gasteiger partial charge < -0.3 is 14.2 Å². The summed E-state index contributed by atoms with van der Waals surface area (Å²) < 4.78 is 18.7. The zero-order valence-electron chi connectivity index (χ0n) is 18.6. The van der Waals surface area contributed by atoms with Gasteiger partial charge in [-0.05, 0) is 77.6 Å². The zero-order valence-corrected chi connectivity index (χ0v) is 22.4. The molecule has 0 aliphatic carbocycles. The Kier molecular flexibility index (Phi) is 8.12. The lowest BCUT2D eigenvalue weighted by Crippen LogP contribution is -2.27. The van der Waals surface area contributed by atoms with E-state index in [0.29, 0.717) is 33.9 Å². The number of anilines is 1. The lowest BCUT2D eigenvalue weighted by molar-refractivity contribution is -0.113. The number of benzene rings is 3. The van der Waals surface area contributed by atoms with Gasteiger partial charge in [0.25, 0.3) is 5.91 Å². The van der Waals surface area contributed by atoms with E-state index in [1.807, 2.05) is 79.7 Å². The Hall–Kier alpha value is -2.56. The maximum Gasteiger partial charge on any atom is 0.270 e. The topological polar surface area (TPSA) is 48.0 Å². The zero-order chi connectivity index (χ0) is 24.1. The average molecular weight is 604 g/mol. The van der Waals surface area contributed by atoms with Gasteiger partial charge >= 0.3 is 0 Å². The van der Waals surface area contributed by atoms with Crippen LogP contribution in [0.15, 0.2) is 71.6 Å². The first-order valence-corrected chi connectivity index (χ1v) is 12.8. The minimum atomic E-state index is -0.135. The molecule has 1 aliphatic rings. The van der Waals surface area contributed by atoms with Crippen molar-refractivity contribution in [3.8, 4) is 17.2 Å². The number of rotatable bonds is 8. The molecule has 1 amide bonds. The van der Waals surface area contributed by atoms with E-state index in [2.05, 4.69) is 22.6 Å². The molecule has 1 saturated heterocycles. The van der Waals surface area contributed by atoms with E-state index in [4.69, 9.17) is 26.4 Å². The van der Waals surface area contributed by atoms with E-state index in [1.54, 1.807) is 12.0 Å². The van der Waals surface area contributed by atoms with Crippen LogP contribution < -0.4 is 19.1 Å². The van der Waals surface area contributed by atoms with Gasteiger partial charge in [0.05, 0.1) is 21.3 Å². The molecule has 8 heteroatoms. The van der Waals surface area contributed by atoms with Crippen molar-refractivity contribution in [3.63, 3.8) is 0 Å². The maximum atomic E-state index is 13.0. The van der Waals surface area contributed by atoms with Gasteiger partial charge in [0.1, 0.15) is 19.0 Å². The molecule has 34 heavy (non-hydrogen) atoms. The summed E-state index contributed by atoms with van der Waals surface area (Å²) in [4.78, 5) is 15.1. The Morgan fingerprint density at radius 2 is 1.74 bits per heavy atom. The van der Waals surface area contributed by atoms with Gasteiger partial charge in [-0.15, -0.1) is 0 Å². The fourth-order valence-corrected chi connectivity index (χ4v) is 5.40. The van der Waals surface area contributed by atoms with Crippen molar-refractivity contribution in [2.24, 2.45) is 0 Å². The quantitative estimate of drug-likeness (QED) is 0.127. The molecule has 0 bridgehead atoms. The average Bonchev–Trinajstić information content (AvgIpc) is 3.11. The predicted molar refractivity (Wildman–Crippen MR) is 150 cm³/mol. The summed E-state index contributed by atoms with van der Waals surface area (Å²) >= 11 is 8.95. The second-order valence-electron chi connectivity index (χ2n) is 7.40. The van der Waals surface area contributed by atoms with Gasteiger partial charge in [0.15, 0.2) is 15.8 Å². The number of thioether (sulfide) groups is 1. The molecule has 5 nitrogen and oxygen atoms in total. The molecule has 4 rings (SSSR count). The van der Waals surface area contributed by atoms with Crippen LogP contribution in [0.4, 0.5) is 5.69 Å². The van der Waals surface area contributed by atoms with E-state index in [9.17, 15) is 4.79 Å². The predicted octanol–water partition coefficient (Wildman–Crippen LogP) is 6.47. The third-order valence-electron chi connectivity index (χ3n) is 4.98. The number of ether oxygens (including phenoxy) is 3. The highest BCUT2D eigenvalue weighted by Gasteiger charge is 2.33. The number of carbonyl (C=O) groups excluding carboxylic acids is 1. The number of nitrogens with zero attached hydrogens (tertiary/aromatic N) is 1. The van der Waals surface area contributed by atoms with Crippen LogP contribution in [0.25, 0.3) is 6.08 Å². The number of thiocarbonyl (C=S) groups is 1. The highest BCUT2D eigenvalue weighted by atomic mass is 127. The van der Waals surface area contributed by atoms with Crippen molar-refractivity contribution in [2.45, 2.75) is 6.92 Å². The molecule has 0 aromatic heterocycles. The van der Waals surface area contributed by atoms with Crippen LogP contribution in [0.2, 0.25) is 0 Å². The van der Waals surface area contributed by atoms with Crippen LogP contribution in [0.1, 0.15) is 11.1 Å². The standard InChI is InChI=1S/C26H22INO4S2/c1-17-8-10-20(11-9-17)31-12-13-32-24-21(27)14-18(15-22(24)30-2)16-23-25(29)28(26(33)34-23)19-6-4-3-5-7-19/h3-11,14-16H,12-13H2,1-2H3. The fraction of sp³-hybridized carbons (Fsp3) is 0.154. The Labute approximate surface area is 222 Å². The maximum absolute atomic E-state index is 13.0. The van der Waals surface area contributed by atoms with E-state index in [0.717, 1.165) is 20.6 Å². The van der Waals surface area contributed by atoms with Crippen molar-refractivity contribution in [2.75, 3.05) is 25.2 Å². The van der Waals surface area contributed by atoms with Gasteiger partial charge in [-0.1, -0.05) is 59.9 Å². The second-order valence-corrected chi connectivity index (χ2v) is 10.2. The summed E-state index contributed by atoms with van der Waals surface area (Å²) in [7, 11) is 1.60. The second kappa shape index (κ2) is 11.2. The highest BCUT2D eigenvalue weighted by Crippen LogP contribution is 2.38. The molecule has 1 aliphatic heterocycles. The lowest BCUT2D eigenvalue weighted by Gasteiger charge is -2.14. The molecule has 0 radical (unpaired) electrons. The van der Waals surface area contributed by atoms with Crippen molar-refractivity contribution in [1.82, 2.24) is 0 Å². The third-order valence-corrected chi connectivity index (χ3v) is 7.08. The fourth-order valence-electron chi connectivity index (χ4n) is 3.32. The van der Waals surface area contributed by atoms with Gasteiger partial charge in [0, 0.05) is 0 Å². The van der Waals surface area contributed by atoms with Crippen LogP contribution in [0.3, 0.4) is 0 Å². The Morgan fingerprint density at radius 3 is 2.44 bits per heavy atom. The monoisotopic (exact) mass is 603 g/mol. The number of methoxy groups -OCH3 is 1. The van der Waals surface area contributed by atoms with Crippen LogP contribution >= 0.6 is 46.6 Å². The molecule has 1 heterocycles. The summed E-state index contributed by atoms with van der Waals surface area (Å²) in [6, 6.07) is 21.1. The lowest BCUT2D eigenvalue weighted by atomic mass is 10.1. The Balaban J connectivity index is 1.46. The molecular weight excluding hydrogens is 581 g/mol. The van der Waals surface area contributed by atoms with Crippen LogP contribution in [-0.2, 0) is 4.79 Å². The number of para-hydroxylation sites is 1. The van der Waals surface area contributed by atoms with Gasteiger partial charge in [-0.2, -0.15) is 0 Å². The number of hydrogen-bond acceptors (Lipinski definition) is 6. The molecule has 3 aromatic rings. The van der Waals surface area contributed by atoms with Gasteiger partial charge in [-0.25, -0.2) is 0 Å². The summed E-state index contributed by atoms with van der Waals surface area (Å²) in [5, 5.41) is 0. The molecule has 174 valence electrons.